The first-order chi connectivity index (χ1) is 6.27. The SMILES string of the molecule is CC.COc1ccc(F)c(OC)c1. The third-order valence-electron chi connectivity index (χ3n) is 1.36. The van der Waals surface area contributed by atoms with Crippen molar-refractivity contribution in [1.29, 1.82) is 0 Å². The van der Waals surface area contributed by atoms with Gasteiger partial charge in [0.25, 0.3) is 0 Å². The molecular weight excluding hydrogens is 171 g/mol. The minimum atomic E-state index is -0.381. The Morgan fingerprint density at radius 3 is 2.15 bits per heavy atom. The van der Waals surface area contributed by atoms with Crippen LogP contribution < -0.4 is 9.47 Å². The van der Waals surface area contributed by atoms with E-state index in [1.165, 1.54) is 32.4 Å². The van der Waals surface area contributed by atoms with Crippen LogP contribution >= 0.6 is 0 Å². The highest BCUT2D eigenvalue weighted by Crippen LogP contribution is 2.22. The van der Waals surface area contributed by atoms with Gasteiger partial charge in [-0.25, -0.2) is 4.39 Å². The second-order valence-electron chi connectivity index (χ2n) is 2.00. The topological polar surface area (TPSA) is 18.5 Å². The fourth-order valence-corrected chi connectivity index (χ4v) is 0.767. The predicted molar refractivity (Wildman–Crippen MR) is 50.9 cm³/mol. The van der Waals surface area contributed by atoms with Crippen molar-refractivity contribution < 1.29 is 13.9 Å². The lowest BCUT2D eigenvalue weighted by atomic mass is 10.3. The molecule has 2 nitrogen and oxygen atoms in total. The minimum absolute atomic E-state index is 0.198. The maximum atomic E-state index is 12.7. The molecule has 0 spiro atoms. The third-order valence-corrected chi connectivity index (χ3v) is 1.36. The van der Waals surface area contributed by atoms with Gasteiger partial charge in [-0.15, -0.1) is 0 Å². The van der Waals surface area contributed by atoms with Crippen molar-refractivity contribution in [2.24, 2.45) is 0 Å². The Morgan fingerprint density at radius 2 is 1.69 bits per heavy atom. The molecule has 0 bridgehead atoms. The number of benzene rings is 1. The fraction of sp³-hybridized carbons (Fsp3) is 0.400. The van der Waals surface area contributed by atoms with Gasteiger partial charge in [0.05, 0.1) is 14.2 Å². The summed E-state index contributed by atoms with van der Waals surface area (Å²) in [5.41, 5.74) is 0. The maximum absolute atomic E-state index is 12.7. The van der Waals surface area contributed by atoms with Crippen LogP contribution in [0, 0.1) is 5.82 Å². The van der Waals surface area contributed by atoms with Crippen LogP contribution in [0.15, 0.2) is 18.2 Å². The molecule has 74 valence electrons. The summed E-state index contributed by atoms with van der Waals surface area (Å²) in [6, 6.07) is 4.34. The van der Waals surface area contributed by atoms with Crippen LogP contribution in [0.25, 0.3) is 0 Å². The molecule has 1 aromatic rings. The van der Waals surface area contributed by atoms with Gasteiger partial charge in [0.15, 0.2) is 11.6 Å². The molecule has 0 amide bonds. The van der Waals surface area contributed by atoms with E-state index in [0.29, 0.717) is 5.75 Å². The smallest absolute Gasteiger partial charge is 0.165 e. The van der Waals surface area contributed by atoms with Crippen molar-refractivity contribution in [1.82, 2.24) is 0 Å². The van der Waals surface area contributed by atoms with Crippen LogP contribution in [0.5, 0.6) is 11.5 Å². The predicted octanol–water partition coefficient (Wildman–Crippen LogP) is 2.87. The molecule has 3 heteroatoms. The summed E-state index contributed by atoms with van der Waals surface area (Å²) in [6.07, 6.45) is 0. The normalized spacial score (nSPS) is 8.38. The van der Waals surface area contributed by atoms with Crippen LogP contribution in [-0.2, 0) is 0 Å². The molecule has 0 saturated carbocycles. The molecule has 0 heterocycles. The van der Waals surface area contributed by atoms with E-state index in [0.717, 1.165) is 0 Å². The van der Waals surface area contributed by atoms with Gasteiger partial charge >= 0.3 is 0 Å². The second-order valence-corrected chi connectivity index (χ2v) is 2.00. The fourth-order valence-electron chi connectivity index (χ4n) is 0.767. The zero-order valence-corrected chi connectivity index (χ0v) is 8.43. The molecule has 0 fully saturated rings. The summed E-state index contributed by atoms with van der Waals surface area (Å²) in [5.74, 6) is 0.404. The van der Waals surface area contributed by atoms with Crippen molar-refractivity contribution in [3.8, 4) is 11.5 Å². The summed E-state index contributed by atoms with van der Waals surface area (Å²) in [4.78, 5) is 0. The van der Waals surface area contributed by atoms with Gasteiger partial charge < -0.3 is 9.47 Å². The molecule has 0 saturated heterocycles. The van der Waals surface area contributed by atoms with E-state index in [9.17, 15) is 4.39 Å². The number of hydrogen-bond acceptors (Lipinski definition) is 2. The van der Waals surface area contributed by atoms with Crippen molar-refractivity contribution in [2.75, 3.05) is 14.2 Å². The quantitative estimate of drug-likeness (QED) is 0.707. The van der Waals surface area contributed by atoms with Gasteiger partial charge in [-0.2, -0.15) is 0 Å². The zero-order chi connectivity index (χ0) is 10.3. The van der Waals surface area contributed by atoms with Crippen LogP contribution in [0.2, 0.25) is 0 Å². The highest BCUT2D eigenvalue weighted by atomic mass is 19.1. The Balaban J connectivity index is 0.000000671. The standard InChI is InChI=1S/C8H9FO2.C2H6/c1-10-6-3-4-7(9)8(5-6)11-2;1-2/h3-5H,1-2H3;1-2H3. The van der Waals surface area contributed by atoms with Crippen molar-refractivity contribution >= 4 is 0 Å². The third kappa shape index (κ3) is 3.32. The number of hydrogen-bond donors (Lipinski definition) is 0. The number of halogens is 1. The highest BCUT2D eigenvalue weighted by molar-refractivity contribution is 5.34. The molecule has 13 heavy (non-hydrogen) atoms. The van der Waals surface area contributed by atoms with E-state index < -0.39 is 0 Å². The molecule has 0 aromatic heterocycles. The van der Waals surface area contributed by atoms with Crippen LogP contribution in [0.3, 0.4) is 0 Å². The monoisotopic (exact) mass is 186 g/mol. The summed E-state index contributed by atoms with van der Waals surface area (Å²) in [6.45, 7) is 4.00. The Hall–Kier alpha value is -1.25. The van der Waals surface area contributed by atoms with Gasteiger partial charge in [-0.1, -0.05) is 13.8 Å². The molecule has 1 rings (SSSR count). The van der Waals surface area contributed by atoms with E-state index in [2.05, 4.69) is 0 Å². The minimum Gasteiger partial charge on any atom is -0.497 e. The van der Waals surface area contributed by atoms with Gasteiger partial charge in [0.2, 0.25) is 0 Å². The Bertz CT molecular complexity index is 249. The van der Waals surface area contributed by atoms with Crippen molar-refractivity contribution in [3.05, 3.63) is 24.0 Å². The first-order valence-electron chi connectivity index (χ1n) is 4.15. The largest absolute Gasteiger partial charge is 0.497 e. The average molecular weight is 186 g/mol. The van der Waals surface area contributed by atoms with Gasteiger partial charge in [0, 0.05) is 6.07 Å². The van der Waals surface area contributed by atoms with Crippen LogP contribution in [-0.4, -0.2) is 14.2 Å². The molecule has 0 radical (unpaired) electrons. The molecular formula is C10H15FO2. The lowest BCUT2D eigenvalue weighted by Gasteiger charge is -2.03. The van der Waals surface area contributed by atoms with Gasteiger partial charge in [0.1, 0.15) is 5.75 Å². The molecule has 0 unspecified atom stereocenters. The van der Waals surface area contributed by atoms with E-state index in [1.54, 1.807) is 0 Å². The molecule has 1 aromatic carbocycles. The van der Waals surface area contributed by atoms with Gasteiger partial charge in [-0.05, 0) is 12.1 Å². The Kier molecular flexibility index (Phi) is 5.68. The highest BCUT2D eigenvalue weighted by Gasteiger charge is 2.01. The Labute approximate surface area is 78.3 Å². The number of methoxy groups -OCH3 is 2. The first-order valence-corrected chi connectivity index (χ1v) is 4.15. The lowest BCUT2D eigenvalue weighted by molar-refractivity contribution is 0.374. The molecule has 0 aliphatic rings. The van der Waals surface area contributed by atoms with Crippen LogP contribution in [0.4, 0.5) is 4.39 Å². The average Bonchev–Trinajstić information content (AvgIpc) is 2.22. The molecule has 0 aliphatic carbocycles. The molecule has 0 N–H and O–H groups in total. The zero-order valence-electron chi connectivity index (χ0n) is 8.43. The lowest BCUT2D eigenvalue weighted by Crippen LogP contribution is -1.89. The summed E-state index contributed by atoms with van der Waals surface area (Å²) >= 11 is 0. The maximum Gasteiger partial charge on any atom is 0.165 e. The van der Waals surface area contributed by atoms with E-state index in [-0.39, 0.29) is 11.6 Å². The molecule has 0 aliphatic heterocycles. The number of ether oxygens (including phenoxy) is 2. The van der Waals surface area contributed by atoms with Crippen molar-refractivity contribution in [2.45, 2.75) is 13.8 Å². The first kappa shape index (κ1) is 11.8. The van der Waals surface area contributed by atoms with E-state index in [4.69, 9.17) is 9.47 Å². The Morgan fingerprint density at radius 1 is 1.08 bits per heavy atom. The summed E-state index contributed by atoms with van der Waals surface area (Å²) in [7, 11) is 2.94. The van der Waals surface area contributed by atoms with Crippen LogP contribution in [0.1, 0.15) is 13.8 Å². The second kappa shape index (κ2) is 6.29. The number of rotatable bonds is 2. The summed E-state index contributed by atoms with van der Waals surface area (Å²) < 4.78 is 22.3. The van der Waals surface area contributed by atoms with E-state index in [1.807, 2.05) is 13.8 Å². The van der Waals surface area contributed by atoms with Crippen molar-refractivity contribution in [3.63, 3.8) is 0 Å². The molecule has 0 atom stereocenters. The van der Waals surface area contributed by atoms with Gasteiger partial charge in [-0.3, -0.25) is 0 Å². The van der Waals surface area contributed by atoms with E-state index >= 15 is 0 Å². The summed E-state index contributed by atoms with van der Waals surface area (Å²) in [5, 5.41) is 0.